The second kappa shape index (κ2) is 5.64. The van der Waals surface area contributed by atoms with E-state index in [1.165, 1.54) is 12.8 Å². The average molecular weight is 286 g/mol. The van der Waals surface area contributed by atoms with Gasteiger partial charge in [0.25, 0.3) is 0 Å². The van der Waals surface area contributed by atoms with Crippen molar-refractivity contribution in [2.45, 2.75) is 44.6 Å². The van der Waals surface area contributed by atoms with Crippen LogP contribution in [-0.2, 0) is 16.6 Å². The van der Waals surface area contributed by atoms with Crippen LogP contribution in [0.25, 0.3) is 0 Å². The third-order valence-electron chi connectivity index (χ3n) is 3.49. The van der Waals surface area contributed by atoms with E-state index in [1.807, 2.05) is 0 Å². The molecule has 2 N–H and O–H groups in total. The first kappa shape index (κ1) is 14.6. The molecule has 108 valence electrons. The van der Waals surface area contributed by atoms with E-state index >= 15 is 0 Å². The van der Waals surface area contributed by atoms with Crippen LogP contribution in [0.1, 0.15) is 36.3 Å². The number of hydrogen-bond donors (Lipinski definition) is 2. The molecule has 0 atom stereocenters. The Morgan fingerprint density at radius 1 is 1.26 bits per heavy atom. The van der Waals surface area contributed by atoms with Gasteiger partial charge in [-0.15, -0.1) is 0 Å². The van der Waals surface area contributed by atoms with Gasteiger partial charge in [-0.25, -0.2) is 13.1 Å². The summed E-state index contributed by atoms with van der Waals surface area (Å²) in [4.78, 5) is 0.301. The van der Waals surface area contributed by atoms with E-state index < -0.39 is 10.0 Å². The van der Waals surface area contributed by atoms with Crippen LogP contribution in [-0.4, -0.2) is 22.0 Å². The Morgan fingerprint density at radius 2 is 1.95 bits per heavy atom. The predicted octanol–water partition coefficient (Wildman–Crippen LogP) is 1.69. The fourth-order valence-corrected chi connectivity index (χ4v) is 3.81. The molecule has 0 aliphatic heterocycles. The molecule has 0 saturated heterocycles. The Balaban J connectivity index is 2.17. The summed E-state index contributed by atoms with van der Waals surface area (Å²) in [6.07, 6.45) is 3.39. The fourth-order valence-electron chi connectivity index (χ4n) is 2.32. The van der Waals surface area contributed by atoms with Gasteiger partial charge in [-0.2, -0.15) is 0 Å². The molecule has 0 radical (unpaired) electrons. The highest BCUT2D eigenvalue weighted by molar-refractivity contribution is 7.89. The summed E-state index contributed by atoms with van der Waals surface area (Å²) in [6.45, 7) is 4.49. The molecule has 19 heavy (non-hydrogen) atoms. The predicted molar refractivity (Wildman–Crippen MR) is 73.5 cm³/mol. The molecule has 2 rings (SSSR count). The van der Waals surface area contributed by atoms with Crippen LogP contribution in [0.4, 0.5) is 0 Å². The van der Waals surface area contributed by atoms with Crippen LogP contribution in [0.2, 0.25) is 0 Å². The van der Waals surface area contributed by atoms with Crippen LogP contribution in [0.3, 0.4) is 0 Å². The van der Waals surface area contributed by atoms with Gasteiger partial charge in [0.1, 0.15) is 16.4 Å². The lowest BCUT2D eigenvalue weighted by Crippen LogP contribution is -2.26. The largest absolute Gasteiger partial charge is 0.465 e. The molecule has 1 saturated carbocycles. The van der Waals surface area contributed by atoms with Crippen LogP contribution >= 0.6 is 0 Å². The van der Waals surface area contributed by atoms with Crippen molar-refractivity contribution in [1.29, 1.82) is 0 Å². The van der Waals surface area contributed by atoms with Crippen molar-refractivity contribution in [2.75, 3.05) is 13.6 Å². The van der Waals surface area contributed by atoms with Gasteiger partial charge in [-0.1, -0.05) is 12.8 Å². The number of aryl methyl sites for hydroxylation is 2. The first-order valence-electron chi connectivity index (χ1n) is 6.69. The molecule has 6 heteroatoms. The maximum absolute atomic E-state index is 12.4. The topological polar surface area (TPSA) is 71.3 Å². The maximum Gasteiger partial charge on any atom is 0.244 e. The van der Waals surface area contributed by atoms with Crippen molar-refractivity contribution in [1.82, 2.24) is 10.0 Å². The van der Waals surface area contributed by atoms with E-state index in [0.717, 1.165) is 12.0 Å². The second-order valence-corrected chi connectivity index (χ2v) is 6.89. The van der Waals surface area contributed by atoms with Gasteiger partial charge in [0.15, 0.2) is 0 Å². The summed E-state index contributed by atoms with van der Waals surface area (Å²) in [5, 5.41) is 2.98. The normalized spacial score (nSPS) is 15.9. The van der Waals surface area contributed by atoms with E-state index in [1.54, 1.807) is 20.9 Å². The van der Waals surface area contributed by atoms with Crippen LogP contribution < -0.4 is 10.0 Å². The molecule has 0 aromatic carbocycles. The highest BCUT2D eigenvalue weighted by Crippen LogP contribution is 2.32. The van der Waals surface area contributed by atoms with Gasteiger partial charge in [-0.05, 0) is 33.2 Å². The minimum atomic E-state index is -3.47. The lowest BCUT2D eigenvalue weighted by molar-refractivity contribution is 0.493. The first-order valence-corrected chi connectivity index (χ1v) is 8.17. The molecule has 0 amide bonds. The van der Waals surface area contributed by atoms with Crippen LogP contribution in [0.5, 0.6) is 0 Å². The molecule has 1 aromatic heterocycles. The number of furan rings is 1. The minimum absolute atomic E-state index is 0.301. The zero-order valence-corrected chi connectivity index (χ0v) is 12.6. The third-order valence-corrected chi connectivity index (χ3v) is 5.14. The molecule has 5 nitrogen and oxygen atoms in total. The SMILES string of the molecule is CNCc1c(C)oc(C)c1S(=O)(=O)NCCC1CC1. The van der Waals surface area contributed by atoms with Crippen molar-refractivity contribution >= 4 is 10.0 Å². The van der Waals surface area contributed by atoms with E-state index in [2.05, 4.69) is 10.0 Å². The lowest BCUT2D eigenvalue weighted by Gasteiger charge is -2.08. The third kappa shape index (κ3) is 3.38. The van der Waals surface area contributed by atoms with Crippen molar-refractivity contribution < 1.29 is 12.8 Å². The van der Waals surface area contributed by atoms with Crippen molar-refractivity contribution in [3.05, 3.63) is 17.1 Å². The number of sulfonamides is 1. The van der Waals surface area contributed by atoms with Gasteiger partial charge in [0, 0.05) is 18.7 Å². The Hall–Kier alpha value is -0.850. The first-order chi connectivity index (χ1) is 8.95. The molecule has 1 fully saturated rings. The maximum atomic E-state index is 12.4. The summed E-state index contributed by atoms with van der Waals surface area (Å²) in [5.74, 6) is 1.84. The zero-order chi connectivity index (χ0) is 14.0. The molecule has 1 heterocycles. The summed E-state index contributed by atoms with van der Waals surface area (Å²) in [5.41, 5.74) is 0.721. The molecule has 0 unspecified atom stereocenters. The summed E-state index contributed by atoms with van der Waals surface area (Å²) in [6, 6.07) is 0. The monoisotopic (exact) mass is 286 g/mol. The van der Waals surface area contributed by atoms with E-state index in [-0.39, 0.29) is 0 Å². The second-order valence-electron chi connectivity index (χ2n) is 5.18. The standard InChI is InChI=1S/C13H22N2O3S/c1-9-12(8-14-3)13(10(2)18-9)19(16,17)15-7-6-11-4-5-11/h11,14-15H,4-8H2,1-3H3. The van der Waals surface area contributed by atoms with E-state index in [9.17, 15) is 8.42 Å². The molecular weight excluding hydrogens is 264 g/mol. The molecule has 1 aliphatic carbocycles. The van der Waals surface area contributed by atoms with Crippen molar-refractivity contribution in [3.63, 3.8) is 0 Å². The van der Waals surface area contributed by atoms with Gasteiger partial charge >= 0.3 is 0 Å². The summed E-state index contributed by atoms with van der Waals surface area (Å²) < 4.78 is 32.9. The zero-order valence-electron chi connectivity index (χ0n) is 11.7. The number of hydrogen-bond acceptors (Lipinski definition) is 4. The van der Waals surface area contributed by atoms with E-state index in [0.29, 0.717) is 35.4 Å². The quantitative estimate of drug-likeness (QED) is 0.800. The van der Waals surface area contributed by atoms with E-state index in [4.69, 9.17) is 4.42 Å². The highest BCUT2D eigenvalue weighted by atomic mass is 32.2. The Kier molecular flexibility index (Phi) is 4.32. The lowest BCUT2D eigenvalue weighted by atomic mass is 10.2. The number of rotatable bonds is 7. The highest BCUT2D eigenvalue weighted by Gasteiger charge is 2.27. The Labute approximate surface area is 114 Å². The Bertz CT molecular complexity index is 544. The van der Waals surface area contributed by atoms with Crippen LogP contribution in [0, 0.1) is 19.8 Å². The van der Waals surface area contributed by atoms with Gasteiger partial charge in [0.2, 0.25) is 10.0 Å². The molecule has 1 aromatic rings. The van der Waals surface area contributed by atoms with Gasteiger partial charge in [-0.3, -0.25) is 0 Å². The van der Waals surface area contributed by atoms with Gasteiger partial charge in [0.05, 0.1) is 0 Å². The summed E-state index contributed by atoms with van der Waals surface area (Å²) in [7, 11) is -1.68. The number of nitrogens with one attached hydrogen (secondary N) is 2. The average Bonchev–Trinajstić information content (AvgIpc) is 3.07. The Morgan fingerprint density at radius 3 is 2.53 bits per heavy atom. The van der Waals surface area contributed by atoms with Crippen molar-refractivity contribution in [3.8, 4) is 0 Å². The minimum Gasteiger partial charge on any atom is -0.465 e. The van der Waals surface area contributed by atoms with Gasteiger partial charge < -0.3 is 9.73 Å². The molecule has 1 aliphatic rings. The van der Waals surface area contributed by atoms with Crippen molar-refractivity contribution in [2.24, 2.45) is 5.92 Å². The fraction of sp³-hybridized carbons (Fsp3) is 0.692. The molecular formula is C13H22N2O3S. The molecule has 0 bridgehead atoms. The smallest absolute Gasteiger partial charge is 0.244 e. The summed E-state index contributed by atoms with van der Waals surface area (Å²) >= 11 is 0. The van der Waals surface area contributed by atoms with Crippen LogP contribution in [0.15, 0.2) is 9.31 Å². The molecule has 0 spiro atoms.